The first-order valence-electron chi connectivity index (χ1n) is 14.6. The molecule has 2 unspecified atom stereocenters. The van der Waals surface area contributed by atoms with Crippen LogP contribution in [0.15, 0.2) is 24.3 Å². The van der Waals surface area contributed by atoms with E-state index in [0.29, 0.717) is 11.5 Å². The van der Waals surface area contributed by atoms with Gasteiger partial charge in [-0.2, -0.15) is 0 Å². The van der Waals surface area contributed by atoms with Crippen LogP contribution in [0.3, 0.4) is 0 Å². The fourth-order valence-corrected chi connectivity index (χ4v) is 6.04. The van der Waals surface area contributed by atoms with Crippen molar-refractivity contribution in [3.8, 4) is 0 Å². The molecule has 0 amide bonds. The van der Waals surface area contributed by atoms with Gasteiger partial charge >= 0.3 is 11.9 Å². The van der Waals surface area contributed by atoms with Crippen molar-refractivity contribution in [2.45, 2.75) is 117 Å². The van der Waals surface area contributed by atoms with Gasteiger partial charge in [0.15, 0.2) is 0 Å². The van der Waals surface area contributed by atoms with Gasteiger partial charge in [-0.3, -0.25) is 0 Å². The molecular weight excluding hydrogens is 452 g/mol. The molecule has 0 radical (unpaired) electrons. The Morgan fingerprint density at radius 2 is 1.33 bits per heavy atom. The number of ether oxygens (including phenoxy) is 2. The Kier molecular flexibility index (Phi) is 13.8. The molecule has 0 spiro atoms. The summed E-state index contributed by atoms with van der Waals surface area (Å²) in [5, 5.41) is 9.56. The van der Waals surface area contributed by atoms with Gasteiger partial charge in [0, 0.05) is 11.5 Å². The van der Waals surface area contributed by atoms with Crippen molar-refractivity contribution in [2.24, 2.45) is 29.6 Å². The van der Waals surface area contributed by atoms with Crippen molar-refractivity contribution in [3.63, 3.8) is 0 Å². The summed E-state index contributed by atoms with van der Waals surface area (Å²) in [4.78, 5) is 24.0. The molecular formula is C31H52O5. The van der Waals surface area contributed by atoms with Crippen LogP contribution in [0, 0.1) is 29.6 Å². The average Bonchev–Trinajstić information content (AvgIpc) is 2.88. The minimum absolute atomic E-state index is 0.0426. The van der Waals surface area contributed by atoms with Crippen LogP contribution in [0.5, 0.6) is 0 Å². The van der Waals surface area contributed by atoms with Crippen molar-refractivity contribution in [1.82, 2.24) is 0 Å². The van der Waals surface area contributed by atoms with E-state index in [2.05, 4.69) is 20.1 Å². The molecule has 2 fully saturated rings. The molecule has 0 aromatic rings. The van der Waals surface area contributed by atoms with E-state index in [1.54, 1.807) is 6.92 Å². The lowest BCUT2D eigenvalue weighted by Gasteiger charge is -2.38. The largest absolute Gasteiger partial charge is 0.462 e. The average molecular weight is 505 g/mol. The first-order valence-corrected chi connectivity index (χ1v) is 14.6. The van der Waals surface area contributed by atoms with Gasteiger partial charge in [0.05, 0.1) is 24.9 Å². The molecule has 0 bridgehead atoms. The Hall–Kier alpha value is -1.62. The van der Waals surface area contributed by atoms with Crippen molar-refractivity contribution in [2.75, 3.05) is 13.2 Å². The Morgan fingerprint density at radius 3 is 1.81 bits per heavy atom. The smallest absolute Gasteiger partial charge is 0.336 e. The van der Waals surface area contributed by atoms with E-state index in [0.717, 1.165) is 30.6 Å². The fraction of sp³-hybridized carbons (Fsp3) is 0.806. The van der Waals surface area contributed by atoms with Crippen molar-refractivity contribution in [3.05, 3.63) is 24.3 Å². The number of hydrogen-bond acceptors (Lipinski definition) is 5. The summed E-state index contributed by atoms with van der Waals surface area (Å²) >= 11 is 0. The number of unbranched alkanes of at least 4 members (excludes halogenated alkanes) is 2. The monoisotopic (exact) mass is 504 g/mol. The number of aliphatic hydroxyl groups is 1. The van der Waals surface area contributed by atoms with Crippen LogP contribution >= 0.6 is 0 Å². The van der Waals surface area contributed by atoms with Gasteiger partial charge in [0.2, 0.25) is 0 Å². The van der Waals surface area contributed by atoms with Gasteiger partial charge in [-0.15, -0.1) is 0 Å². The molecule has 5 heteroatoms. The van der Waals surface area contributed by atoms with Gasteiger partial charge in [-0.25, -0.2) is 9.59 Å². The molecule has 206 valence electrons. The fourth-order valence-electron chi connectivity index (χ4n) is 6.04. The zero-order valence-electron chi connectivity index (χ0n) is 23.3. The Labute approximate surface area is 220 Å². The molecule has 0 aliphatic heterocycles. The normalized spacial score (nSPS) is 26.0. The summed E-state index contributed by atoms with van der Waals surface area (Å²) in [6.45, 7) is 13.0. The minimum Gasteiger partial charge on any atom is -0.462 e. The predicted molar refractivity (Wildman–Crippen MR) is 145 cm³/mol. The number of carbonyl (C=O) groups is 2. The molecule has 2 rings (SSSR count). The van der Waals surface area contributed by atoms with Gasteiger partial charge in [0.25, 0.3) is 0 Å². The summed E-state index contributed by atoms with van der Waals surface area (Å²) in [7, 11) is 0. The summed E-state index contributed by atoms with van der Waals surface area (Å²) < 4.78 is 10.8. The van der Waals surface area contributed by atoms with E-state index >= 15 is 0 Å². The standard InChI is InChI=1S/C31H52O5/c1-6-7-8-9-25-12-16-28(17-13-25)29-18-14-26(15-19-29)10-11-27(20-35-30(33)22(2)3)21-36-31(34)23(4)24(5)32/h24-29,32H,2,4,6-21H2,1,3,5H3. The lowest BCUT2D eigenvalue weighted by atomic mass is 9.68. The van der Waals surface area contributed by atoms with E-state index in [9.17, 15) is 14.7 Å². The molecule has 0 aromatic carbocycles. The second kappa shape index (κ2) is 16.3. The first kappa shape index (κ1) is 30.6. The van der Waals surface area contributed by atoms with Crippen LogP contribution in [0.4, 0.5) is 0 Å². The van der Waals surface area contributed by atoms with Crippen LogP contribution < -0.4 is 0 Å². The van der Waals surface area contributed by atoms with Crippen molar-refractivity contribution < 1.29 is 24.2 Å². The second-order valence-electron chi connectivity index (χ2n) is 11.7. The molecule has 5 nitrogen and oxygen atoms in total. The van der Waals surface area contributed by atoms with Crippen LogP contribution in [0.25, 0.3) is 0 Å². The SMILES string of the molecule is C=C(C)C(=O)OCC(CCC1CCC(C2CCC(CCCCC)CC2)CC1)COC(=O)C(=C)C(C)O. The van der Waals surface area contributed by atoms with Crippen LogP contribution in [-0.4, -0.2) is 36.4 Å². The second-order valence-corrected chi connectivity index (χ2v) is 11.7. The first-order chi connectivity index (χ1) is 17.2. The van der Waals surface area contributed by atoms with E-state index < -0.39 is 18.0 Å². The van der Waals surface area contributed by atoms with Crippen LogP contribution in [0.2, 0.25) is 0 Å². The number of esters is 2. The highest BCUT2D eigenvalue weighted by Gasteiger charge is 2.31. The topological polar surface area (TPSA) is 72.8 Å². The molecule has 2 saturated carbocycles. The highest BCUT2D eigenvalue weighted by Crippen LogP contribution is 2.43. The lowest BCUT2D eigenvalue weighted by molar-refractivity contribution is -0.145. The van der Waals surface area contributed by atoms with Crippen molar-refractivity contribution in [1.29, 1.82) is 0 Å². The summed E-state index contributed by atoms with van der Waals surface area (Å²) in [5.74, 6) is 2.42. The van der Waals surface area contributed by atoms with Gasteiger partial charge in [0.1, 0.15) is 0 Å². The number of hydrogen-bond donors (Lipinski definition) is 1. The molecule has 0 heterocycles. The number of aliphatic hydroxyl groups excluding tert-OH is 1. The molecule has 1 N–H and O–H groups in total. The van der Waals surface area contributed by atoms with Crippen LogP contribution in [0.1, 0.15) is 111 Å². The van der Waals surface area contributed by atoms with E-state index in [1.165, 1.54) is 84.0 Å². The zero-order valence-corrected chi connectivity index (χ0v) is 23.3. The van der Waals surface area contributed by atoms with Gasteiger partial charge in [-0.1, -0.05) is 71.4 Å². The number of carbonyl (C=O) groups excluding carboxylic acids is 2. The summed E-state index contributed by atoms with van der Waals surface area (Å²) in [5.41, 5.74) is 0.405. The summed E-state index contributed by atoms with van der Waals surface area (Å²) in [6.07, 6.45) is 17.5. The molecule has 0 aromatic heterocycles. The maximum Gasteiger partial charge on any atom is 0.336 e. The maximum absolute atomic E-state index is 12.1. The summed E-state index contributed by atoms with van der Waals surface area (Å²) in [6, 6.07) is 0. The molecule has 2 atom stereocenters. The van der Waals surface area contributed by atoms with Gasteiger partial charge in [-0.05, 0) is 76.0 Å². The highest BCUT2D eigenvalue weighted by molar-refractivity contribution is 5.88. The maximum atomic E-state index is 12.1. The quantitative estimate of drug-likeness (QED) is 0.145. The predicted octanol–water partition coefficient (Wildman–Crippen LogP) is 7.18. The Morgan fingerprint density at radius 1 is 0.833 bits per heavy atom. The highest BCUT2D eigenvalue weighted by atomic mass is 16.5. The van der Waals surface area contributed by atoms with Gasteiger partial charge < -0.3 is 14.6 Å². The molecule has 36 heavy (non-hydrogen) atoms. The zero-order chi connectivity index (χ0) is 26.5. The Bertz CT molecular complexity index is 696. The van der Waals surface area contributed by atoms with E-state index in [1.807, 2.05) is 0 Å². The third-order valence-corrected chi connectivity index (χ3v) is 8.66. The molecule has 2 aliphatic carbocycles. The van der Waals surface area contributed by atoms with E-state index in [4.69, 9.17) is 9.47 Å². The molecule has 2 aliphatic rings. The van der Waals surface area contributed by atoms with E-state index in [-0.39, 0.29) is 24.7 Å². The third-order valence-electron chi connectivity index (χ3n) is 8.66. The molecule has 0 saturated heterocycles. The third kappa shape index (κ3) is 10.8. The lowest BCUT2D eigenvalue weighted by Crippen LogP contribution is -2.27. The van der Waals surface area contributed by atoms with Crippen molar-refractivity contribution >= 4 is 11.9 Å². The Balaban J connectivity index is 1.74. The van der Waals surface area contributed by atoms with Crippen LogP contribution in [-0.2, 0) is 19.1 Å². The number of rotatable bonds is 15. The minimum atomic E-state index is -0.941.